The third-order valence-corrected chi connectivity index (χ3v) is 2.22. The summed E-state index contributed by atoms with van der Waals surface area (Å²) in [5.41, 5.74) is 5.99. The highest BCUT2D eigenvalue weighted by atomic mass is 16.1. The van der Waals surface area contributed by atoms with Crippen molar-refractivity contribution in [1.82, 2.24) is 14.5 Å². The topological polar surface area (TPSA) is 93.8 Å². The first-order valence-corrected chi connectivity index (χ1v) is 4.60. The maximum absolute atomic E-state index is 11.4. The smallest absolute Gasteiger partial charge is 0.347 e. The number of hydrogen-bond donors (Lipinski definition) is 2. The van der Waals surface area contributed by atoms with Crippen molar-refractivity contribution in [3.05, 3.63) is 40.7 Å². The molecule has 3 N–H and O–H groups in total. The third-order valence-electron chi connectivity index (χ3n) is 2.22. The average molecular weight is 218 g/mol. The molecule has 6 nitrogen and oxygen atoms in total. The Kier molecular flexibility index (Phi) is 2.32. The van der Waals surface area contributed by atoms with Gasteiger partial charge in [0, 0.05) is 31.2 Å². The molecule has 0 spiro atoms. The molecule has 0 fully saturated rings. The highest BCUT2D eigenvalue weighted by Crippen LogP contribution is 2.18. The van der Waals surface area contributed by atoms with Gasteiger partial charge in [-0.25, -0.2) is 4.79 Å². The highest BCUT2D eigenvalue weighted by Gasteiger charge is 2.13. The summed E-state index contributed by atoms with van der Waals surface area (Å²) in [5.74, 6) is -0.612. The normalized spacial score (nSPS) is 10.3. The van der Waals surface area contributed by atoms with Crippen molar-refractivity contribution in [1.29, 1.82) is 0 Å². The van der Waals surface area contributed by atoms with Gasteiger partial charge in [-0.05, 0) is 6.07 Å². The van der Waals surface area contributed by atoms with E-state index in [0.29, 0.717) is 11.3 Å². The van der Waals surface area contributed by atoms with E-state index in [9.17, 15) is 9.59 Å². The number of hydrogen-bond acceptors (Lipinski definition) is 3. The molecule has 16 heavy (non-hydrogen) atoms. The number of aryl methyl sites for hydroxylation is 1. The quantitative estimate of drug-likeness (QED) is 0.735. The van der Waals surface area contributed by atoms with Crippen molar-refractivity contribution in [3.8, 4) is 11.3 Å². The zero-order chi connectivity index (χ0) is 11.7. The minimum absolute atomic E-state index is 0.224. The van der Waals surface area contributed by atoms with E-state index >= 15 is 0 Å². The molecule has 0 radical (unpaired) electrons. The second-order valence-electron chi connectivity index (χ2n) is 3.36. The molecule has 0 aliphatic rings. The Morgan fingerprint density at radius 2 is 2.31 bits per heavy atom. The first-order valence-electron chi connectivity index (χ1n) is 4.60. The van der Waals surface area contributed by atoms with E-state index in [1.165, 1.54) is 17.8 Å². The minimum Gasteiger partial charge on any atom is -0.367 e. The van der Waals surface area contributed by atoms with Crippen molar-refractivity contribution in [2.75, 3.05) is 0 Å². The van der Waals surface area contributed by atoms with Crippen LogP contribution in [0.15, 0.2) is 29.5 Å². The molecule has 2 rings (SSSR count). The number of nitrogens with one attached hydrogen (secondary N) is 1. The summed E-state index contributed by atoms with van der Waals surface area (Å²) >= 11 is 0. The van der Waals surface area contributed by atoms with Crippen LogP contribution in [-0.4, -0.2) is 20.4 Å². The average Bonchev–Trinajstić information content (AvgIpc) is 2.74. The van der Waals surface area contributed by atoms with Crippen molar-refractivity contribution in [3.63, 3.8) is 0 Å². The molecule has 0 saturated heterocycles. The Balaban J connectivity index is 2.73. The number of nitrogens with two attached hydrogens (primary N) is 1. The van der Waals surface area contributed by atoms with Gasteiger partial charge in [-0.2, -0.15) is 4.98 Å². The van der Waals surface area contributed by atoms with E-state index in [2.05, 4.69) is 9.97 Å². The second kappa shape index (κ2) is 3.65. The Morgan fingerprint density at radius 3 is 2.88 bits per heavy atom. The van der Waals surface area contributed by atoms with Gasteiger partial charge in [0.05, 0.1) is 11.3 Å². The van der Waals surface area contributed by atoms with E-state index in [1.807, 2.05) is 0 Å². The van der Waals surface area contributed by atoms with Gasteiger partial charge in [0.15, 0.2) is 0 Å². The highest BCUT2D eigenvalue weighted by molar-refractivity contribution is 5.98. The molecule has 82 valence electrons. The fourth-order valence-electron chi connectivity index (χ4n) is 1.42. The predicted molar refractivity (Wildman–Crippen MR) is 57.8 cm³/mol. The van der Waals surface area contributed by atoms with Crippen molar-refractivity contribution in [2.24, 2.45) is 12.8 Å². The summed E-state index contributed by atoms with van der Waals surface area (Å²) in [5, 5.41) is 0. The molecular formula is C10H10N4O2. The molecule has 2 aromatic rings. The number of primary amides is 1. The van der Waals surface area contributed by atoms with Crippen LogP contribution >= 0.6 is 0 Å². The van der Waals surface area contributed by atoms with Gasteiger partial charge in [0.1, 0.15) is 0 Å². The van der Waals surface area contributed by atoms with E-state index in [-0.39, 0.29) is 5.56 Å². The monoisotopic (exact) mass is 218 g/mol. The molecule has 0 aromatic carbocycles. The maximum atomic E-state index is 11.4. The molecule has 0 saturated carbocycles. The van der Waals surface area contributed by atoms with Gasteiger partial charge < -0.3 is 15.3 Å². The van der Waals surface area contributed by atoms with Crippen LogP contribution in [0.1, 0.15) is 10.4 Å². The SMILES string of the molecule is Cn1cc(C(N)=O)c(-c2cc[nH]c2)nc1=O. The standard InChI is InChI=1S/C10H10N4O2/c1-14-5-7(9(11)15)8(13-10(14)16)6-2-3-12-4-6/h2-5,12H,1H3,(H2,11,15). The van der Waals surface area contributed by atoms with Crippen LogP contribution in [0.4, 0.5) is 0 Å². The zero-order valence-corrected chi connectivity index (χ0v) is 8.60. The zero-order valence-electron chi connectivity index (χ0n) is 8.60. The van der Waals surface area contributed by atoms with Crippen LogP contribution in [0.2, 0.25) is 0 Å². The molecule has 1 amide bonds. The number of H-pyrrole nitrogens is 1. The first-order chi connectivity index (χ1) is 7.59. The molecule has 2 aromatic heterocycles. The van der Waals surface area contributed by atoms with Gasteiger partial charge in [-0.3, -0.25) is 4.79 Å². The minimum atomic E-state index is -0.612. The Morgan fingerprint density at radius 1 is 1.56 bits per heavy atom. The fraction of sp³-hybridized carbons (Fsp3) is 0.100. The van der Waals surface area contributed by atoms with Crippen LogP contribution in [0, 0.1) is 0 Å². The number of rotatable bonds is 2. The summed E-state index contributed by atoms with van der Waals surface area (Å²) in [4.78, 5) is 29.3. The first kappa shape index (κ1) is 10.2. The largest absolute Gasteiger partial charge is 0.367 e. The van der Waals surface area contributed by atoms with Crippen LogP contribution in [0.25, 0.3) is 11.3 Å². The number of amides is 1. The maximum Gasteiger partial charge on any atom is 0.347 e. The summed E-state index contributed by atoms with van der Waals surface area (Å²) in [6.45, 7) is 0. The van der Waals surface area contributed by atoms with Crippen LogP contribution in [-0.2, 0) is 7.05 Å². The Bertz CT molecular complexity index is 583. The van der Waals surface area contributed by atoms with Gasteiger partial charge >= 0.3 is 5.69 Å². The Hall–Kier alpha value is -2.37. The Labute approximate surface area is 90.7 Å². The van der Waals surface area contributed by atoms with E-state index in [1.54, 1.807) is 18.5 Å². The molecule has 0 unspecified atom stereocenters. The molecular weight excluding hydrogens is 208 g/mol. The van der Waals surface area contributed by atoms with Crippen molar-refractivity contribution in [2.45, 2.75) is 0 Å². The van der Waals surface area contributed by atoms with E-state index in [0.717, 1.165) is 0 Å². The molecule has 6 heteroatoms. The lowest BCUT2D eigenvalue weighted by atomic mass is 10.1. The number of aromatic nitrogens is 3. The van der Waals surface area contributed by atoms with Crippen LogP contribution in [0.3, 0.4) is 0 Å². The summed E-state index contributed by atoms with van der Waals surface area (Å²) in [6.07, 6.45) is 4.72. The van der Waals surface area contributed by atoms with Gasteiger partial charge in [-0.1, -0.05) is 0 Å². The van der Waals surface area contributed by atoms with E-state index in [4.69, 9.17) is 5.73 Å². The summed E-state index contributed by atoms with van der Waals surface area (Å²) < 4.78 is 1.22. The van der Waals surface area contributed by atoms with Crippen LogP contribution in [0.5, 0.6) is 0 Å². The lowest BCUT2D eigenvalue weighted by Crippen LogP contribution is -2.25. The molecule has 0 bridgehead atoms. The summed E-state index contributed by atoms with van der Waals surface area (Å²) in [6, 6.07) is 1.72. The molecule has 2 heterocycles. The van der Waals surface area contributed by atoms with Crippen molar-refractivity contribution < 1.29 is 4.79 Å². The number of carbonyl (C=O) groups is 1. The fourth-order valence-corrected chi connectivity index (χ4v) is 1.42. The number of nitrogens with zero attached hydrogens (tertiary/aromatic N) is 2. The number of carbonyl (C=O) groups excluding carboxylic acids is 1. The van der Waals surface area contributed by atoms with Gasteiger partial charge in [0.25, 0.3) is 5.91 Å². The van der Waals surface area contributed by atoms with Gasteiger partial charge in [0.2, 0.25) is 0 Å². The predicted octanol–water partition coefficient (Wildman–Crippen LogP) is -0.126. The number of aromatic amines is 1. The molecule has 0 aliphatic carbocycles. The third kappa shape index (κ3) is 1.60. The van der Waals surface area contributed by atoms with Gasteiger partial charge in [-0.15, -0.1) is 0 Å². The lowest BCUT2D eigenvalue weighted by molar-refractivity contribution is 0.1000. The van der Waals surface area contributed by atoms with E-state index < -0.39 is 11.6 Å². The van der Waals surface area contributed by atoms with Crippen molar-refractivity contribution >= 4 is 5.91 Å². The molecule has 0 aliphatic heterocycles. The second-order valence-corrected chi connectivity index (χ2v) is 3.36. The lowest BCUT2D eigenvalue weighted by Gasteiger charge is -2.05. The molecule has 0 atom stereocenters. The van der Waals surface area contributed by atoms with Crippen LogP contribution < -0.4 is 11.4 Å². The summed E-state index contributed by atoms with van der Waals surface area (Å²) in [7, 11) is 1.52.